The predicted octanol–water partition coefficient (Wildman–Crippen LogP) is 2.32. The zero-order valence-electron chi connectivity index (χ0n) is 14.1. The predicted molar refractivity (Wildman–Crippen MR) is 94.7 cm³/mol. The van der Waals surface area contributed by atoms with Gasteiger partial charge in [0.05, 0.1) is 6.54 Å². The summed E-state index contributed by atoms with van der Waals surface area (Å²) in [5, 5.41) is 10.0. The zero-order chi connectivity index (χ0) is 17.4. The highest BCUT2D eigenvalue weighted by Crippen LogP contribution is 2.29. The summed E-state index contributed by atoms with van der Waals surface area (Å²) in [4.78, 5) is 28.4. The molecule has 1 aliphatic carbocycles. The molecule has 0 bridgehead atoms. The highest BCUT2D eigenvalue weighted by atomic mass is 32.1. The third-order valence-corrected chi connectivity index (χ3v) is 5.96. The normalized spacial score (nSPS) is 21.6. The van der Waals surface area contributed by atoms with Gasteiger partial charge in [-0.05, 0) is 26.2 Å². The number of nitrogens with zero attached hydrogens (tertiary/aromatic N) is 4. The maximum absolute atomic E-state index is 12.6. The summed E-state index contributed by atoms with van der Waals surface area (Å²) in [5.41, 5.74) is 1.01. The second-order valence-electron chi connectivity index (χ2n) is 6.69. The van der Waals surface area contributed by atoms with Crippen molar-refractivity contribution in [2.45, 2.75) is 44.8 Å². The average Bonchev–Trinajstić information content (AvgIpc) is 3.04. The van der Waals surface area contributed by atoms with Gasteiger partial charge in [0.25, 0.3) is 0 Å². The van der Waals surface area contributed by atoms with E-state index < -0.39 is 5.91 Å². The SMILES string of the molecule is C[C@H]1CN(C2CCC2)C(=O)C(=O)N1Cc1nnc(-c2ccccc2)s1. The van der Waals surface area contributed by atoms with Crippen molar-refractivity contribution in [1.29, 1.82) is 0 Å². The van der Waals surface area contributed by atoms with Gasteiger partial charge < -0.3 is 9.80 Å². The van der Waals surface area contributed by atoms with E-state index in [1.807, 2.05) is 37.3 Å². The van der Waals surface area contributed by atoms with Gasteiger partial charge in [-0.25, -0.2) is 0 Å². The minimum Gasteiger partial charge on any atom is -0.329 e. The first-order valence-corrected chi connectivity index (χ1v) is 9.44. The van der Waals surface area contributed by atoms with Crippen LogP contribution in [0.5, 0.6) is 0 Å². The van der Waals surface area contributed by atoms with E-state index >= 15 is 0 Å². The molecule has 2 aromatic rings. The molecule has 1 aromatic carbocycles. The Hall–Kier alpha value is -2.28. The molecule has 1 aliphatic heterocycles. The Kier molecular flexibility index (Phi) is 4.25. The van der Waals surface area contributed by atoms with Crippen molar-refractivity contribution in [3.05, 3.63) is 35.3 Å². The number of carbonyl (C=O) groups is 2. The first kappa shape index (κ1) is 16.2. The summed E-state index contributed by atoms with van der Waals surface area (Å²) in [7, 11) is 0. The largest absolute Gasteiger partial charge is 0.329 e. The molecule has 25 heavy (non-hydrogen) atoms. The monoisotopic (exact) mass is 356 g/mol. The molecular formula is C18H20N4O2S. The van der Waals surface area contributed by atoms with E-state index in [0.29, 0.717) is 13.1 Å². The Labute approximate surface area is 150 Å². The van der Waals surface area contributed by atoms with E-state index in [-0.39, 0.29) is 18.0 Å². The van der Waals surface area contributed by atoms with Crippen molar-refractivity contribution in [3.63, 3.8) is 0 Å². The lowest BCUT2D eigenvalue weighted by atomic mass is 9.90. The van der Waals surface area contributed by atoms with Gasteiger partial charge in [-0.15, -0.1) is 10.2 Å². The van der Waals surface area contributed by atoms with Crippen LogP contribution in [-0.4, -0.2) is 50.4 Å². The van der Waals surface area contributed by atoms with Crippen molar-refractivity contribution in [2.24, 2.45) is 0 Å². The van der Waals surface area contributed by atoms with Gasteiger partial charge in [-0.1, -0.05) is 41.7 Å². The van der Waals surface area contributed by atoms with Crippen LogP contribution in [0, 0.1) is 0 Å². The molecular weight excluding hydrogens is 336 g/mol. The first-order valence-electron chi connectivity index (χ1n) is 8.63. The minimum absolute atomic E-state index is 0.00475. The van der Waals surface area contributed by atoms with Crippen LogP contribution < -0.4 is 0 Å². The second-order valence-corrected chi connectivity index (χ2v) is 7.75. The summed E-state index contributed by atoms with van der Waals surface area (Å²) in [6.07, 6.45) is 3.18. The molecule has 1 aromatic heterocycles. The summed E-state index contributed by atoms with van der Waals surface area (Å²) in [5.74, 6) is -0.780. The van der Waals surface area contributed by atoms with E-state index in [4.69, 9.17) is 0 Å². The molecule has 4 rings (SSSR count). The number of benzene rings is 1. The Morgan fingerprint density at radius 3 is 2.56 bits per heavy atom. The van der Waals surface area contributed by atoms with Crippen LogP contribution in [0.2, 0.25) is 0 Å². The maximum atomic E-state index is 12.6. The smallest absolute Gasteiger partial charge is 0.312 e. The van der Waals surface area contributed by atoms with Crippen molar-refractivity contribution in [2.75, 3.05) is 6.54 Å². The molecule has 6 nitrogen and oxygen atoms in total. The number of carbonyl (C=O) groups excluding carboxylic acids is 2. The summed E-state index contributed by atoms with van der Waals surface area (Å²) < 4.78 is 0. The van der Waals surface area contributed by atoms with Crippen LogP contribution in [0.3, 0.4) is 0 Å². The molecule has 0 unspecified atom stereocenters. The third kappa shape index (κ3) is 3.04. The molecule has 2 fully saturated rings. The Morgan fingerprint density at radius 2 is 1.88 bits per heavy atom. The summed E-state index contributed by atoms with van der Waals surface area (Å²) in [6.45, 7) is 2.95. The molecule has 1 saturated carbocycles. The van der Waals surface area contributed by atoms with E-state index in [1.54, 1.807) is 9.80 Å². The van der Waals surface area contributed by atoms with Crippen LogP contribution in [0.1, 0.15) is 31.2 Å². The standard InChI is InChI=1S/C18H20N4O2S/c1-12-10-22(14-8-5-9-14)18(24)17(23)21(12)11-15-19-20-16(25-15)13-6-3-2-4-7-13/h2-4,6-7,12,14H,5,8-11H2,1H3/t12-/m0/s1. The lowest BCUT2D eigenvalue weighted by Gasteiger charge is -2.44. The average molecular weight is 356 g/mol. The molecule has 1 saturated heterocycles. The fraction of sp³-hybridized carbons (Fsp3) is 0.444. The topological polar surface area (TPSA) is 66.4 Å². The van der Waals surface area contributed by atoms with Gasteiger partial charge in [-0.3, -0.25) is 9.59 Å². The van der Waals surface area contributed by atoms with Crippen molar-refractivity contribution >= 4 is 23.2 Å². The van der Waals surface area contributed by atoms with Gasteiger partial charge in [0, 0.05) is 24.2 Å². The Morgan fingerprint density at radius 1 is 1.12 bits per heavy atom. The van der Waals surface area contributed by atoms with Gasteiger partial charge >= 0.3 is 11.8 Å². The lowest BCUT2D eigenvalue weighted by molar-refractivity contribution is -0.162. The second kappa shape index (κ2) is 6.55. The van der Waals surface area contributed by atoms with E-state index in [9.17, 15) is 9.59 Å². The minimum atomic E-state index is -0.415. The fourth-order valence-electron chi connectivity index (χ4n) is 3.31. The third-order valence-electron chi connectivity index (χ3n) is 5.01. The summed E-state index contributed by atoms with van der Waals surface area (Å²) in [6, 6.07) is 10.1. The summed E-state index contributed by atoms with van der Waals surface area (Å²) >= 11 is 1.47. The molecule has 7 heteroatoms. The Balaban J connectivity index is 1.48. The highest BCUT2D eigenvalue weighted by molar-refractivity contribution is 7.14. The van der Waals surface area contributed by atoms with Crippen LogP contribution >= 0.6 is 11.3 Å². The first-order chi connectivity index (χ1) is 12.1. The Bertz CT molecular complexity index is 787. The number of hydrogen-bond acceptors (Lipinski definition) is 5. The zero-order valence-corrected chi connectivity index (χ0v) is 14.9. The molecule has 0 radical (unpaired) electrons. The van der Waals surface area contributed by atoms with E-state index in [0.717, 1.165) is 34.8 Å². The van der Waals surface area contributed by atoms with Crippen LogP contribution in [0.4, 0.5) is 0 Å². The molecule has 0 spiro atoms. The fourth-order valence-corrected chi connectivity index (χ4v) is 4.16. The number of piperazine rings is 1. The highest BCUT2D eigenvalue weighted by Gasteiger charge is 2.41. The molecule has 2 aliphatic rings. The van der Waals surface area contributed by atoms with Crippen molar-refractivity contribution in [3.8, 4) is 10.6 Å². The van der Waals surface area contributed by atoms with Gasteiger partial charge in [0.1, 0.15) is 10.0 Å². The van der Waals surface area contributed by atoms with Crippen LogP contribution in [0.15, 0.2) is 30.3 Å². The maximum Gasteiger partial charge on any atom is 0.312 e. The molecule has 0 N–H and O–H groups in total. The van der Waals surface area contributed by atoms with Crippen LogP contribution in [0.25, 0.3) is 10.6 Å². The molecule has 130 valence electrons. The number of amides is 2. The van der Waals surface area contributed by atoms with Gasteiger partial charge in [0.15, 0.2) is 0 Å². The lowest BCUT2D eigenvalue weighted by Crippen LogP contribution is -2.61. The molecule has 1 atom stereocenters. The van der Waals surface area contributed by atoms with Crippen molar-refractivity contribution in [1.82, 2.24) is 20.0 Å². The number of hydrogen-bond donors (Lipinski definition) is 0. The number of rotatable bonds is 4. The van der Waals surface area contributed by atoms with Gasteiger partial charge in [0.2, 0.25) is 0 Å². The van der Waals surface area contributed by atoms with Crippen molar-refractivity contribution < 1.29 is 9.59 Å². The molecule has 2 amide bonds. The number of aromatic nitrogens is 2. The van der Waals surface area contributed by atoms with E-state index in [1.165, 1.54) is 11.3 Å². The van der Waals surface area contributed by atoms with Crippen LogP contribution in [-0.2, 0) is 16.1 Å². The van der Waals surface area contributed by atoms with Gasteiger partial charge in [-0.2, -0.15) is 0 Å². The quantitative estimate of drug-likeness (QED) is 0.789. The molecule has 2 heterocycles. The van der Waals surface area contributed by atoms with E-state index in [2.05, 4.69) is 10.2 Å².